The number of hydrogen-bond acceptors (Lipinski definition) is 2. The van der Waals surface area contributed by atoms with Gasteiger partial charge in [0.1, 0.15) is 11.3 Å². The lowest BCUT2D eigenvalue weighted by Gasteiger charge is -2.09. The molecule has 0 amide bonds. The highest BCUT2D eigenvalue weighted by Crippen LogP contribution is 2.33. The number of aromatic nitrogens is 1. The molecule has 2 rings (SSSR count). The smallest absolute Gasteiger partial charge is 0.145 e. The van der Waals surface area contributed by atoms with Crippen LogP contribution in [0.1, 0.15) is 76.7 Å². The first-order valence-electron chi connectivity index (χ1n) is 9.49. The van der Waals surface area contributed by atoms with Crippen LogP contribution in [0.15, 0.2) is 28.9 Å². The maximum atomic E-state index is 10.4. The fraction of sp³-hybridized carbons (Fsp3) is 0.571. The second kappa shape index (κ2) is 10.7. The summed E-state index contributed by atoms with van der Waals surface area (Å²) in [6.07, 6.45) is 16.0. The van der Waals surface area contributed by atoms with Crippen molar-refractivity contribution in [3.05, 3.63) is 34.4 Å². The molecule has 0 radical (unpaired) electrons. The number of hydrogen-bond donors (Lipinski definition) is 1. The van der Waals surface area contributed by atoms with Crippen LogP contribution >= 0.6 is 15.9 Å². The van der Waals surface area contributed by atoms with Crippen LogP contribution in [-0.4, -0.2) is 10.1 Å². The van der Waals surface area contributed by atoms with Crippen molar-refractivity contribution in [3.63, 3.8) is 0 Å². The van der Waals surface area contributed by atoms with Crippen LogP contribution in [0.25, 0.3) is 10.9 Å². The van der Waals surface area contributed by atoms with E-state index >= 15 is 0 Å². The van der Waals surface area contributed by atoms with Gasteiger partial charge in [0.15, 0.2) is 0 Å². The molecule has 0 saturated heterocycles. The number of fused-ring (bicyclic) bond motifs is 1. The molecule has 0 saturated carbocycles. The van der Waals surface area contributed by atoms with Crippen LogP contribution in [0.5, 0.6) is 5.75 Å². The highest BCUT2D eigenvalue weighted by atomic mass is 79.9. The summed E-state index contributed by atoms with van der Waals surface area (Å²) in [7, 11) is 0. The molecule has 3 heteroatoms. The van der Waals surface area contributed by atoms with E-state index in [0.29, 0.717) is 11.3 Å². The summed E-state index contributed by atoms with van der Waals surface area (Å²) in [6.45, 7) is 2.27. The highest BCUT2D eigenvalue weighted by molar-refractivity contribution is 9.10. The van der Waals surface area contributed by atoms with E-state index in [-0.39, 0.29) is 0 Å². The van der Waals surface area contributed by atoms with Gasteiger partial charge < -0.3 is 5.11 Å². The number of rotatable bonds is 11. The van der Waals surface area contributed by atoms with Crippen molar-refractivity contribution in [1.82, 2.24) is 4.98 Å². The Morgan fingerprint density at radius 3 is 2.25 bits per heavy atom. The molecule has 0 atom stereocenters. The number of benzene rings is 1. The molecule has 1 heterocycles. The molecule has 132 valence electrons. The molecule has 0 spiro atoms. The molecule has 0 aliphatic heterocycles. The first-order chi connectivity index (χ1) is 11.7. The minimum Gasteiger partial charge on any atom is -0.505 e. The van der Waals surface area contributed by atoms with Gasteiger partial charge in [0.05, 0.1) is 0 Å². The van der Waals surface area contributed by atoms with Gasteiger partial charge in [-0.3, -0.25) is 4.98 Å². The third kappa shape index (κ3) is 5.77. The number of aryl methyl sites for hydroxylation is 1. The molecular weight excluding hydrogens is 362 g/mol. The van der Waals surface area contributed by atoms with Crippen LogP contribution < -0.4 is 0 Å². The molecule has 0 fully saturated rings. The Bertz CT molecular complexity index is 627. The van der Waals surface area contributed by atoms with Crippen molar-refractivity contribution in [2.24, 2.45) is 0 Å². The molecule has 1 N–H and O–H groups in total. The fourth-order valence-electron chi connectivity index (χ4n) is 3.23. The van der Waals surface area contributed by atoms with E-state index in [1.165, 1.54) is 57.8 Å². The minimum absolute atomic E-state index is 0.352. The lowest BCUT2D eigenvalue weighted by atomic mass is 10.0. The number of phenolic OH excluding ortho intramolecular Hbond substituents is 1. The van der Waals surface area contributed by atoms with E-state index in [1.54, 1.807) is 6.20 Å². The lowest BCUT2D eigenvalue weighted by molar-refractivity contribution is 0.470. The summed E-state index contributed by atoms with van der Waals surface area (Å²) >= 11 is 3.60. The van der Waals surface area contributed by atoms with Gasteiger partial charge in [-0.1, -0.05) is 86.7 Å². The Balaban J connectivity index is 1.70. The van der Waals surface area contributed by atoms with Crippen molar-refractivity contribution < 1.29 is 5.11 Å². The summed E-state index contributed by atoms with van der Waals surface area (Å²) in [5, 5.41) is 11.4. The lowest BCUT2D eigenvalue weighted by Crippen LogP contribution is -1.91. The van der Waals surface area contributed by atoms with E-state index in [2.05, 4.69) is 27.8 Å². The molecule has 24 heavy (non-hydrogen) atoms. The Kier molecular flexibility index (Phi) is 8.58. The summed E-state index contributed by atoms with van der Waals surface area (Å²) < 4.78 is 1.02. The van der Waals surface area contributed by atoms with E-state index in [0.717, 1.165) is 28.3 Å². The van der Waals surface area contributed by atoms with E-state index < -0.39 is 0 Å². The molecule has 1 aromatic heterocycles. The van der Waals surface area contributed by atoms with Gasteiger partial charge in [0.2, 0.25) is 0 Å². The molecule has 0 aliphatic rings. The Hall–Kier alpha value is -1.09. The zero-order valence-electron chi connectivity index (χ0n) is 14.9. The predicted octanol–water partition coefficient (Wildman–Crippen LogP) is 7.17. The third-order valence-electron chi connectivity index (χ3n) is 4.69. The van der Waals surface area contributed by atoms with Crippen molar-refractivity contribution in [2.75, 3.05) is 0 Å². The van der Waals surface area contributed by atoms with Gasteiger partial charge in [0, 0.05) is 16.1 Å². The molecule has 2 aromatic rings. The number of unbranched alkanes of at least 4 members (excludes halogenated alkanes) is 9. The summed E-state index contributed by atoms with van der Waals surface area (Å²) in [4.78, 5) is 4.32. The number of aromatic hydroxyl groups is 1. The second-order valence-corrected chi connectivity index (χ2v) is 7.55. The van der Waals surface area contributed by atoms with E-state index in [1.807, 2.05) is 18.2 Å². The molecule has 0 aliphatic carbocycles. The number of halogens is 1. The number of phenols is 1. The first-order valence-corrected chi connectivity index (χ1v) is 10.3. The average molecular weight is 392 g/mol. The largest absolute Gasteiger partial charge is 0.505 e. The summed E-state index contributed by atoms with van der Waals surface area (Å²) in [6, 6.07) is 5.93. The van der Waals surface area contributed by atoms with Crippen molar-refractivity contribution >= 4 is 26.8 Å². The van der Waals surface area contributed by atoms with Gasteiger partial charge in [-0.2, -0.15) is 0 Å². The van der Waals surface area contributed by atoms with Crippen LogP contribution in [-0.2, 0) is 6.42 Å². The van der Waals surface area contributed by atoms with Crippen molar-refractivity contribution in [3.8, 4) is 5.75 Å². The van der Waals surface area contributed by atoms with Gasteiger partial charge in [0.25, 0.3) is 0 Å². The van der Waals surface area contributed by atoms with Gasteiger partial charge >= 0.3 is 0 Å². The number of nitrogens with zero attached hydrogens (tertiary/aromatic N) is 1. The zero-order chi connectivity index (χ0) is 17.2. The van der Waals surface area contributed by atoms with Crippen LogP contribution in [0.2, 0.25) is 0 Å². The van der Waals surface area contributed by atoms with Gasteiger partial charge in [-0.15, -0.1) is 0 Å². The van der Waals surface area contributed by atoms with Gasteiger partial charge in [-0.25, -0.2) is 0 Å². The SMILES string of the molecule is CCCCCCCCCCCCc1cc(Br)c2cccnc2c1O. The summed E-state index contributed by atoms with van der Waals surface area (Å²) in [5.74, 6) is 0.352. The molecular formula is C21H30BrNO. The zero-order valence-corrected chi connectivity index (χ0v) is 16.4. The standard InChI is InChI=1S/C21H30BrNO/c1-2-3-4-5-6-7-8-9-10-11-13-17-16-19(22)18-14-12-15-23-20(18)21(17)24/h12,14-16,24H,2-11,13H2,1H3. The molecule has 0 unspecified atom stereocenters. The topological polar surface area (TPSA) is 33.1 Å². The molecule has 2 nitrogen and oxygen atoms in total. The van der Waals surface area contributed by atoms with E-state index in [9.17, 15) is 5.11 Å². The second-order valence-electron chi connectivity index (χ2n) is 6.70. The van der Waals surface area contributed by atoms with Crippen LogP contribution in [0.3, 0.4) is 0 Å². The van der Waals surface area contributed by atoms with Crippen molar-refractivity contribution in [2.45, 2.75) is 77.6 Å². The maximum Gasteiger partial charge on any atom is 0.145 e. The first kappa shape index (κ1) is 19.2. The van der Waals surface area contributed by atoms with Crippen LogP contribution in [0, 0.1) is 0 Å². The Morgan fingerprint density at radius 2 is 1.58 bits per heavy atom. The Labute approximate surface area is 154 Å². The third-order valence-corrected chi connectivity index (χ3v) is 5.35. The minimum atomic E-state index is 0.352. The Morgan fingerprint density at radius 1 is 0.958 bits per heavy atom. The van der Waals surface area contributed by atoms with Crippen molar-refractivity contribution in [1.29, 1.82) is 0 Å². The normalized spacial score (nSPS) is 11.2. The fourth-order valence-corrected chi connectivity index (χ4v) is 3.83. The predicted molar refractivity (Wildman–Crippen MR) is 107 cm³/mol. The summed E-state index contributed by atoms with van der Waals surface area (Å²) in [5.41, 5.74) is 1.71. The van der Waals surface area contributed by atoms with Gasteiger partial charge in [-0.05, 0) is 30.5 Å². The average Bonchev–Trinajstić information content (AvgIpc) is 2.60. The maximum absolute atomic E-state index is 10.4. The van der Waals surface area contributed by atoms with Crippen LogP contribution in [0.4, 0.5) is 0 Å². The van der Waals surface area contributed by atoms with E-state index in [4.69, 9.17) is 0 Å². The molecule has 0 bridgehead atoms. The molecule has 1 aromatic carbocycles. The highest BCUT2D eigenvalue weighted by Gasteiger charge is 2.10. The quantitative estimate of drug-likeness (QED) is 0.411. The monoisotopic (exact) mass is 391 g/mol. The number of pyridine rings is 1.